The van der Waals surface area contributed by atoms with Crippen LogP contribution in [0.3, 0.4) is 0 Å². The second-order valence-electron chi connectivity index (χ2n) is 5.46. The van der Waals surface area contributed by atoms with E-state index in [0.717, 1.165) is 31.4 Å². The quantitative estimate of drug-likeness (QED) is 0.793. The molecule has 0 saturated heterocycles. The van der Waals surface area contributed by atoms with Crippen molar-refractivity contribution in [2.75, 3.05) is 12.4 Å². The molecule has 1 aromatic carbocycles. The zero-order chi connectivity index (χ0) is 14.3. The Morgan fingerprint density at radius 1 is 1.20 bits per heavy atom. The second kappa shape index (κ2) is 7.70. The van der Waals surface area contributed by atoms with Gasteiger partial charge in [-0.1, -0.05) is 37.5 Å². The van der Waals surface area contributed by atoms with Gasteiger partial charge in [0.2, 0.25) is 5.91 Å². The zero-order valence-corrected chi connectivity index (χ0v) is 12.6. The molecule has 4 heteroatoms. The second-order valence-corrected chi connectivity index (χ2v) is 6.63. The predicted molar refractivity (Wildman–Crippen MR) is 82.8 cm³/mol. The van der Waals surface area contributed by atoms with E-state index in [2.05, 4.69) is 17.4 Å². The van der Waals surface area contributed by atoms with Crippen LogP contribution in [0.4, 0.5) is 0 Å². The number of nitrogens with one attached hydrogen (secondary N) is 1. The number of aliphatic hydroxyl groups excluding tert-OH is 1. The standard InChI is InChI=1S/C16H23NO2S/c18-13-16(10-5-2-6-11-16)17-15(19)9-12-20-14-7-3-1-4-8-14/h1,3-4,7-8,18H,2,5-6,9-13H2,(H,17,19). The Morgan fingerprint density at radius 3 is 2.55 bits per heavy atom. The summed E-state index contributed by atoms with van der Waals surface area (Å²) in [5, 5.41) is 12.6. The van der Waals surface area contributed by atoms with E-state index in [9.17, 15) is 9.90 Å². The zero-order valence-electron chi connectivity index (χ0n) is 11.8. The van der Waals surface area contributed by atoms with Gasteiger partial charge in [0.25, 0.3) is 0 Å². The van der Waals surface area contributed by atoms with Crippen LogP contribution in [-0.2, 0) is 4.79 Å². The van der Waals surface area contributed by atoms with Crippen molar-refractivity contribution in [1.82, 2.24) is 5.32 Å². The summed E-state index contributed by atoms with van der Waals surface area (Å²) in [6.45, 7) is 0.0601. The largest absolute Gasteiger partial charge is 0.394 e. The average Bonchev–Trinajstić information content (AvgIpc) is 2.49. The van der Waals surface area contributed by atoms with Gasteiger partial charge in [0.15, 0.2) is 0 Å². The first-order valence-corrected chi connectivity index (χ1v) is 8.32. The van der Waals surface area contributed by atoms with Crippen molar-refractivity contribution in [1.29, 1.82) is 0 Å². The van der Waals surface area contributed by atoms with E-state index < -0.39 is 0 Å². The van der Waals surface area contributed by atoms with Gasteiger partial charge >= 0.3 is 0 Å². The molecule has 110 valence electrons. The number of benzene rings is 1. The van der Waals surface area contributed by atoms with Crippen LogP contribution in [0.5, 0.6) is 0 Å². The molecule has 1 fully saturated rings. The first-order chi connectivity index (χ1) is 9.74. The van der Waals surface area contributed by atoms with Crippen LogP contribution in [-0.4, -0.2) is 28.9 Å². The number of amides is 1. The maximum atomic E-state index is 12.0. The van der Waals surface area contributed by atoms with E-state index in [-0.39, 0.29) is 18.1 Å². The summed E-state index contributed by atoms with van der Waals surface area (Å²) in [7, 11) is 0. The molecule has 0 aromatic heterocycles. The molecule has 1 saturated carbocycles. The Labute approximate surface area is 125 Å². The molecular formula is C16H23NO2S. The molecule has 0 spiro atoms. The van der Waals surface area contributed by atoms with Gasteiger partial charge in [-0.15, -0.1) is 11.8 Å². The number of carbonyl (C=O) groups is 1. The number of thioether (sulfide) groups is 1. The Bertz CT molecular complexity index is 416. The van der Waals surface area contributed by atoms with Crippen LogP contribution in [0.2, 0.25) is 0 Å². The summed E-state index contributed by atoms with van der Waals surface area (Å²) in [6.07, 6.45) is 5.71. The van der Waals surface area contributed by atoms with Gasteiger partial charge < -0.3 is 10.4 Å². The summed E-state index contributed by atoms with van der Waals surface area (Å²) < 4.78 is 0. The summed E-state index contributed by atoms with van der Waals surface area (Å²) in [4.78, 5) is 13.2. The average molecular weight is 293 g/mol. The number of carbonyl (C=O) groups excluding carboxylic acids is 1. The highest BCUT2D eigenvalue weighted by molar-refractivity contribution is 7.99. The van der Waals surface area contributed by atoms with Crippen LogP contribution >= 0.6 is 11.8 Å². The summed E-state index contributed by atoms with van der Waals surface area (Å²) >= 11 is 1.69. The van der Waals surface area contributed by atoms with E-state index in [1.165, 1.54) is 11.3 Å². The first-order valence-electron chi connectivity index (χ1n) is 7.34. The number of aliphatic hydroxyl groups is 1. The summed E-state index contributed by atoms with van der Waals surface area (Å²) in [5.74, 6) is 0.835. The SMILES string of the molecule is O=C(CCSc1ccccc1)NC1(CO)CCCCC1. The summed E-state index contributed by atoms with van der Waals surface area (Å²) in [5.41, 5.74) is -0.354. The molecule has 20 heavy (non-hydrogen) atoms. The first kappa shape index (κ1) is 15.4. The van der Waals surface area contributed by atoms with Crippen LogP contribution in [0.1, 0.15) is 38.5 Å². The third-order valence-corrected chi connectivity index (χ3v) is 4.87. The van der Waals surface area contributed by atoms with Crippen molar-refractivity contribution in [2.45, 2.75) is 49.0 Å². The lowest BCUT2D eigenvalue weighted by molar-refractivity contribution is -0.123. The lowest BCUT2D eigenvalue weighted by Gasteiger charge is -2.36. The monoisotopic (exact) mass is 293 g/mol. The fourth-order valence-electron chi connectivity index (χ4n) is 2.69. The van der Waals surface area contributed by atoms with Crippen molar-refractivity contribution in [2.24, 2.45) is 0 Å². The van der Waals surface area contributed by atoms with Gasteiger partial charge in [-0.2, -0.15) is 0 Å². The molecule has 0 heterocycles. The third-order valence-electron chi connectivity index (χ3n) is 3.86. The van der Waals surface area contributed by atoms with E-state index in [0.29, 0.717) is 6.42 Å². The molecule has 1 amide bonds. The molecule has 1 aliphatic carbocycles. The number of rotatable bonds is 6. The van der Waals surface area contributed by atoms with Crippen LogP contribution < -0.4 is 5.32 Å². The van der Waals surface area contributed by atoms with Gasteiger partial charge in [0, 0.05) is 17.1 Å². The topological polar surface area (TPSA) is 49.3 Å². The minimum atomic E-state index is -0.354. The highest BCUT2D eigenvalue weighted by atomic mass is 32.2. The molecule has 2 rings (SSSR count). The normalized spacial score (nSPS) is 17.6. The molecule has 0 unspecified atom stereocenters. The molecule has 3 nitrogen and oxygen atoms in total. The van der Waals surface area contributed by atoms with Crippen molar-refractivity contribution in [3.8, 4) is 0 Å². The highest BCUT2D eigenvalue weighted by Crippen LogP contribution is 2.28. The van der Waals surface area contributed by atoms with E-state index in [1.54, 1.807) is 11.8 Å². The molecule has 1 aliphatic rings. The lowest BCUT2D eigenvalue weighted by Crippen LogP contribution is -2.52. The molecule has 2 N–H and O–H groups in total. The Kier molecular flexibility index (Phi) is 5.92. The Hall–Kier alpha value is -1.00. The van der Waals surface area contributed by atoms with E-state index in [1.807, 2.05) is 18.2 Å². The van der Waals surface area contributed by atoms with Gasteiger partial charge in [0.1, 0.15) is 0 Å². The van der Waals surface area contributed by atoms with E-state index >= 15 is 0 Å². The molecular weight excluding hydrogens is 270 g/mol. The molecule has 0 radical (unpaired) electrons. The minimum absolute atomic E-state index is 0.0596. The van der Waals surface area contributed by atoms with Crippen LogP contribution in [0.25, 0.3) is 0 Å². The lowest BCUT2D eigenvalue weighted by atomic mass is 9.82. The molecule has 0 bridgehead atoms. The van der Waals surface area contributed by atoms with Crippen LogP contribution in [0, 0.1) is 0 Å². The minimum Gasteiger partial charge on any atom is -0.394 e. The highest BCUT2D eigenvalue weighted by Gasteiger charge is 2.32. The third kappa shape index (κ3) is 4.53. The van der Waals surface area contributed by atoms with Crippen molar-refractivity contribution < 1.29 is 9.90 Å². The Balaban J connectivity index is 1.74. The maximum absolute atomic E-state index is 12.0. The molecule has 1 aromatic rings. The number of hydrogen-bond donors (Lipinski definition) is 2. The Morgan fingerprint density at radius 2 is 1.90 bits per heavy atom. The van der Waals surface area contributed by atoms with Crippen molar-refractivity contribution in [3.05, 3.63) is 30.3 Å². The number of hydrogen-bond acceptors (Lipinski definition) is 3. The van der Waals surface area contributed by atoms with Gasteiger partial charge in [-0.25, -0.2) is 0 Å². The van der Waals surface area contributed by atoms with Crippen molar-refractivity contribution in [3.63, 3.8) is 0 Å². The van der Waals surface area contributed by atoms with Gasteiger partial charge in [-0.05, 0) is 25.0 Å². The molecule has 0 aliphatic heterocycles. The predicted octanol–water partition coefficient (Wildman–Crippen LogP) is 2.98. The fraction of sp³-hybridized carbons (Fsp3) is 0.562. The fourth-order valence-corrected chi connectivity index (χ4v) is 3.56. The van der Waals surface area contributed by atoms with E-state index in [4.69, 9.17) is 0 Å². The van der Waals surface area contributed by atoms with Crippen molar-refractivity contribution >= 4 is 17.7 Å². The molecule has 0 atom stereocenters. The maximum Gasteiger partial charge on any atom is 0.221 e. The van der Waals surface area contributed by atoms with Crippen LogP contribution in [0.15, 0.2) is 35.2 Å². The summed E-state index contributed by atoms with van der Waals surface area (Å²) in [6, 6.07) is 10.1. The van der Waals surface area contributed by atoms with Gasteiger partial charge in [0.05, 0.1) is 12.1 Å². The van der Waals surface area contributed by atoms with Gasteiger partial charge in [-0.3, -0.25) is 4.79 Å². The smallest absolute Gasteiger partial charge is 0.221 e.